The van der Waals surface area contributed by atoms with Crippen molar-refractivity contribution in [3.05, 3.63) is 77.6 Å². The number of carboxylic acid groups (broad SMARTS) is 1. The van der Waals surface area contributed by atoms with Crippen LogP contribution >= 0.6 is 0 Å². The summed E-state index contributed by atoms with van der Waals surface area (Å²) >= 11 is 0. The Morgan fingerprint density at radius 3 is 2.57 bits per heavy atom. The number of benzene rings is 2. The summed E-state index contributed by atoms with van der Waals surface area (Å²) in [5.74, 6) is -1.13. The Balaban J connectivity index is 1.31. The van der Waals surface area contributed by atoms with Crippen LogP contribution in [0.4, 0.5) is 24.9 Å². The second-order valence-corrected chi connectivity index (χ2v) is 11.8. The predicted octanol–water partition coefficient (Wildman–Crippen LogP) is 4.81. The molecular weight excluding hydrogens is 601 g/mol. The van der Waals surface area contributed by atoms with E-state index in [9.17, 15) is 28.3 Å². The highest BCUT2D eigenvalue weighted by Gasteiger charge is 2.46. The first-order valence-corrected chi connectivity index (χ1v) is 14.7. The molecule has 11 nitrogen and oxygen atoms in total. The molecule has 0 bridgehead atoms. The van der Waals surface area contributed by atoms with E-state index in [4.69, 9.17) is 10.5 Å². The van der Waals surface area contributed by atoms with Gasteiger partial charge in [0.2, 0.25) is 17.9 Å². The number of ether oxygens (including phenoxy) is 1. The van der Waals surface area contributed by atoms with Gasteiger partial charge >= 0.3 is 12.1 Å². The lowest BCUT2D eigenvalue weighted by molar-refractivity contribution is -0.198. The van der Waals surface area contributed by atoms with Crippen LogP contribution < -0.4 is 20.7 Å². The van der Waals surface area contributed by atoms with E-state index in [1.165, 1.54) is 16.8 Å². The minimum atomic E-state index is -4.85. The van der Waals surface area contributed by atoms with Gasteiger partial charge in [-0.2, -0.15) is 33.5 Å². The van der Waals surface area contributed by atoms with Crippen molar-refractivity contribution in [2.24, 2.45) is 5.41 Å². The Kier molecular flexibility index (Phi) is 8.03. The number of nitrogens with two attached hydrogens (primary N) is 1. The first-order valence-electron chi connectivity index (χ1n) is 14.7. The number of nitrogens with zero attached hydrogens (tertiary/aromatic N) is 6. The number of nitrogens with one attached hydrogen (secondary N) is 1. The second kappa shape index (κ2) is 12.0. The molecule has 2 aliphatic rings. The van der Waals surface area contributed by atoms with Crippen molar-refractivity contribution in [3.63, 3.8) is 0 Å². The third-order valence-electron chi connectivity index (χ3n) is 8.66. The number of anilines is 2. The predicted molar refractivity (Wildman–Crippen MR) is 162 cm³/mol. The molecule has 14 heteroatoms. The number of hydrogen-bond donors (Lipinski definition) is 3. The zero-order chi connectivity index (χ0) is 32.6. The van der Waals surface area contributed by atoms with Crippen LogP contribution in [0.5, 0.6) is 5.88 Å². The largest absolute Gasteiger partial charge is 0.480 e. The third kappa shape index (κ3) is 6.32. The second-order valence-electron chi connectivity index (χ2n) is 11.8. The summed E-state index contributed by atoms with van der Waals surface area (Å²) in [7, 11) is 0. The van der Waals surface area contributed by atoms with Crippen molar-refractivity contribution in [3.8, 4) is 28.8 Å². The van der Waals surface area contributed by atoms with Crippen molar-refractivity contribution in [1.82, 2.24) is 25.1 Å². The molecule has 0 saturated carbocycles. The van der Waals surface area contributed by atoms with Crippen molar-refractivity contribution in [2.75, 3.05) is 30.3 Å². The Morgan fingerprint density at radius 1 is 1.15 bits per heavy atom. The van der Waals surface area contributed by atoms with Crippen LogP contribution in [0.15, 0.2) is 60.8 Å². The molecular formula is C32H31F3N8O3. The van der Waals surface area contributed by atoms with Gasteiger partial charge in [-0.1, -0.05) is 24.3 Å². The van der Waals surface area contributed by atoms with E-state index in [2.05, 4.69) is 26.5 Å². The highest BCUT2D eigenvalue weighted by Crippen LogP contribution is 2.42. The van der Waals surface area contributed by atoms with Crippen LogP contribution in [-0.2, 0) is 4.79 Å². The average Bonchev–Trinajstić information content (AvgIpc) is 3.66. The van der Waals surface area contributed by atoms with Gasteiger partial charge in [-0.3, -0.25) is 4.79 Å². The molecule has 46 heavy (non-hydrogen) atoms. The number of hydrogen-bond acceptors (Lipinski definition) is 9. The van der Waals surface area contributed by atoms with E-state index < -0.39 is 24.3 Å². The third-order valence-corrected chi connectivity index (χ3v) is 8.66. The topological polar surface area (TPSA) is 155 Å². The number of carbonyl (C=O) groups is 1. The summed E-state index contributed by atoms with van der Waals surface area (Å²) in [6.07, 6.45) is -3.83. The van der Waals surface area contributed by atoms with Crippen LogP contribution in [0.3, 0.4) is 0 Å². The molecule has 4 aromatic rings. The average molecular weight is 633 g/mol. The number of aromatic nitrogens is 4. The lowest BCUT2D eigenvalue weighted by Gasteiger charge is -2.39. The maximum Gasteiger partial charge on any atom is 0.429 e. The van der Waals surface area contributed by atoms with Gasteiger partial charge in [-0.25, -0.2) is 4.68 Å². The Labute approximate surface area is 262 Å². The summed E-state index contributed by atoms with van der Waals surface area (Å²) < 4.78 is 51.4. The minimum absolute atomic E-state index is 0.142. The first-order chi connectivity index (χ1) is 21.9. The molecule has 4 N–H and O–H groups in total. The lowest BCUT2D eigenvalue weighted by atomic mass is 9.76. The number of aliphatic carboxylic acids is 1. The van der Waals surface area contributed by atoms with E-state index in [-0.39, 0.29) is 28.5 Å². The number of rotatable bonds is 7. The van der Waals surface area contributed by atoms with Gasteiger partial charge in [0.1, 0.15) is 11.9 Å². The maximum absolute atomic E-state index is 14.8. The van der Waals surface area contributed by atoms with Gasteiger partial charge in [0, 0.05) is 37.5 Å². The number of aryl methyl sites for hydroxylation is 1. The molecule has 4 heterocycles. The standard InChI is InChI=1S/C32H31F3N8O3/c1-19-7-10-43(41-19)25-14-22(21-4-2-3-20(13-21)17-36)5-6-23(25)28(32(33,34)35)46-27-15-26(39-30(37)40-27)42-11-8-31(9-12-42)16-24(29(44)45)38-18-31/h2-7,10,13-15,24,28,38H,8-9,11-12,16,18H2,1H3,(H,44,45)(H2,37,39,40)/t24-,28+/m0/s1. The monoisotopic (exact) mass is 632 g/mol. The van der Waals surface area contributed by atoms with E-state index in [1.54, 1.807) is 55.6 Å². The highest BCUT2D eigenvalue weighted by atomic mass is 19.4. The molecule has 0 aliphatic carbocycles. The molecule has 238 valence electrons. The quantitative estimate of drug-likeness (QED) is 0.259. The molecule has 2 fully saturated rings. The smallest absolute Gasteiger partial charge is 0.429 e. The van der Waals surface area contributed by atoms with Crippen LogP contribution in [-0.4, -0.2) is 62.7 Å². The molecule has 0 amide bonds. The fourth-order valence-electron chi connectivity index (χ4n) is 6.22. The fraction of sp³-hybridized carbons (Fsp3) is 0.344. The summed E-state index contributed by atoms with van der Waals surface area (Å²) in [5, 5.41) is 26.2. The maximum atomic E-state index is 14.8. The number of alkyl halides is 3. The van der Waals surface area contributed by atoms with Crippen LogP contribution in [0.1, 0.15) is 42.2 Å². The molecule has 1 spiro atoms. The van der Waals surface area contributed by atoms with E-state index in [0.717, 1.165) is 0 Å². The minimum Gasteiger partial charge on any atom is -0.480 e. The SMILES string of the molecule is Cc1ccn(-c2cc(-c3cccc(C#N)c3)ccc2[C@@H](Oc2cc(N3CCC4(CC3)CN[C@H](C(=O)O)C4)nc(N)n2)C(F)(F)F)n1. The molecule has 0 unspecified atom stereocenters. The molecule has 2 aromatic heterocycles. The van der Waals surface area contributed by atoms with Gasteiger partial charge in [0.05, 0.1) is 23.0 Å². The lowest BCUT2D eigenvalue weighted by Crippen LogP contribution is -2.41. The van der Waals surface area contributed by atoms with Crippen molar-refractivity contribution in [1.29, 1.82) is 5.26 Å². The van der Waals surface area contributed by atoms with Crippen LogP contribution in [0.2, 0.25) is 0 Å². The number of halogens is 3. The normalized spacial score (nSPS) is 18.3. The Hall–Kier alpha value is -5.16. The highest BCUT2D eigenvalue weighted by molar-refractivity contribution is 5.74. The number of carboxylic acids is 1. The summed E-state index contributed by atoms with van der Waals surface area (Å²) in [5.41, 5.74) is 8.02. The Morgan fingerprint density at radius 2 is 1.91 bits per heavy atom. The van der Waals surface area contributed by atoms with Crippen LogP contribution in [0.25, 0.3) is 16.8 Å². The van der Waals surface area contributed by atoms with Gasteiger partial charge < -0.3 is 25.8 Å². The number of nitriles is 1. The number of piperidine rings is 1. The molecule has 2 saturated heterocycles. The van der Waals surface area contributed by atoms with Crippen molar-refractivity contribution < 1.29 is 27.8 Å². The van der Waals surface area contributed by atoms with Gasteiger partial charge in [-0.05, 0) is 67.0 Å². The zero-order valence-electron chi connectivity index (χ0n) is 24.8. The summed E-state index contributed by atoms with van der Waals surface area (Å²) in [6, 6.07) is 15.8. The molecule has 2 aliphatic heterocycles. The molecule has 6 rings (SSSR count). The van der Waals surface area contributed by atoms with E-state index >= 15 is 0 Å². The van der Waals surface area contributed by atoms with E-state index in [0.29, 0.717) is 67.1 Å². The van der Waals surface area contributed by atoms with Gasteiger partial charge in [-0.15, -0.1) is 0 Å². The Bertz CT molecular complexity index is 1810. The van der Waals surface area contributed by atoms with Gasteiger partial charge in [0.25, 0.3) is 0 Å². The fourth-order valence-corrected chi connectivity index (χ4v) is 6.22. The van der Waals surface area contributed by atoms with Crippen LogP contribution in [0, 0.1) is 23.7 Å². The summed E-state index contributed by atoms with van der Waals surface area (Å²) in [4.78, 5) is 21.6. The van der Waals surface area contributed by atoms with Crippen molar-refractivity contribution >= 4 is 17.7 Å². The van der Waals surface area contributed by atoms with E-state index in [1.807, 2.05) is 4.90 Å². The number of nitrogen functional groups attached to an aromatic ring is 1. The first kappa shape index (κ1) is 30.8. The zero-order valence-corrected chi connectivity index (χ0v) is 24.8. The molecule has 0 radical (unpaired) electrons. The summed E-state index contributed by atoms with van der Waals surface area (Å²) in [6.45, 7) is 3.36. The van der Waals surface area contributed by atoms with Crippen molar-refractivity contribution in [2.45, 2.75) is 44.5 Å². The molecule has 2 aromatic carbocycles. The molecule has 2 atom stereocenters. The van der Waals surface area contributed by atoms with Gasteiger partial charge in [0.15, 0.2) is 0 Å².